The summed E-state index contributed by atoms with van der Waals surface area (Å²) in [5.41, 5.74) is 6.41. The minimum Gasteiger partial charge on any atom is -0.497 e. The fourth-order valence-corrected chi connectivity index (χ4v) is 5.16. The third-order valence-electron chi connectivity index (χ3n) is 7.27. The maximum atomic E-state index is 6.08. The molecule has 1 fully saturated rings. The van der Waals surface area contributed by atoms with E-state index in [2.05, 4.69) is 52.9 Å². The van der Waals surface area contributed by atoms with E-state index in [-0.39, 0.29) is 0 Å². The second-order valence-electron chi connectivity index (χ2n) is 9.64. The van der Waals surface area contributed by atoms with Gasteiger partial charge in [-0.3, -0.25) is 4.90 Å². The van der Waals surface area contributed by atoms with Gasteiger partial charge in [-0.25, -0.2) is 4.68 Å². The second kappa shape index (κ2) is 12.2. The molecule has 1 saturated heterocycles. The number of piperidine rings is 1. The highest BCUT2D eigenvalue weighted by molar-refractivity contribution is 5.76. The molecule has 0 N–H and O–H groups in total. The smallest absolute Gasteiger partial charge is 0.119 e. The summed E-state index contributed by atoms with van der Waals surface area (Å²) < 4.78 is 18.9. The summed E-state index contributed by atoms with van der Waals surface area (Å²) in [6.07, 6.45) is 4.80. The molecule has 1 aliphatic heterocycles. The first-order chi connectivity index (χ1) is 18.7. The van der Waals surface area contributed by atoms with Crippen LogP contribution in [0.2, 0.25) is 0 Å². The van der Waals surface area contributed by atoms with Crippen molar-refractivity contribution in [2.45, 2.75) is 32.6 Å². The molecule has 1 aliphatic rings. The fraction of sp³-hybridized carbons (Fsp3) is 0.344. The van der Waals surface area contributed by atoms with Crippen LogP contribution in [0.15, 0.2) is 72.8 Å². The fourth-order valence-electron chi connectivity index (χ4n) is 5.16. The van der Waals surface area contributed by atoms with Crippen molar-refractivity contribution in [3.8, 4) is 45.5 Å². The van der Waals surface area contributed by atoms with Crippen LogP contribution in [0.25, 0.3) is 28.2 Å². The van der Waals surface area contributed by atoms with Crippen LogP contribution >= 0.6 is 0 Å². The van der Waals surface area contributed by atoms with Crippen molar-refractivity contribution in [2.24, 2.45) is 0 Å². The maximum absolute atomic E-state index is 6.08. The Kier molecular flexibility index (Phi) is 8.29. The molecular formula is C32H37N3O3. The first kappa shape index (κ1) is 25.9. The molecule has 0 saturated carbocycles. The van der Waals surface area contributed by atoms with Crippen molar-refractivity contribution >= 4 is 0 Å². The van der Waals surface area contributed by atoms with Crippen molar-refractivity contribution in [3.05, 3.63) is 78.4 Å². The van der Waals surface area contributed by atoms with Gasteiger partial charge in [0.1, 0.15) is 23.9 Å². The van der Waals surface area contributed by atoms with Gasteiger partial charge >= 0.3 is 0 Å². The summed E-state index contributed by atoms with van der Waals surface area (Å²) in [5.74, 6) is 2.55. The number of aromatic nitrogens is 2. The Balaban J connectivity index is 1.46. The molecule has 0 atom stereocenters. The van der Waals surface area contributed by atoms with Gasteiger partial charge in [-0.15, -0.1) is 0 Å². The maximum Gasteiger partial charge on any atom is 0.119 e. The second-order valence-corrected chi connectivity index (χ2v) is 9.64. The Morgan fingerprint density at radius 2 is 1.29 bits per heavy atom. The Labute approximate surface area is 225 Å². The van der Waals surface area contributed by atoms with E-state index < -0.39 is 0 Å². The molecule has 6 heteroatoms. The zero-order valence-corrected chi connectivity index (χ0v) is 22.7. The molecule has 3 aromatic carbocycles. The van der Waals surface area contributed by atoms with Crippen LogP contribution in [0.3, 0.4) is 0 Å². The van der Waals surface area contributed by atoms with E-state index in [9.17, 15) is 0 Å². The van der Waals surface area contributed by atoms with Crippen LogP contribution in [0, 0.1) is 0 Å². The van der Waals surface area contributed by atoms with E-state index >= 15 is 0 Å². The van der Waals surface area contributed by atoms with E-state index in [0.717, 1.165) is 58.4 Å². The van der Waals surface area contributed by atoms with Crippen molar-refractivity contribution < 1.29 is 14.2 Å². The lowest BCUT2D eigenvalue weighted by Gasteiger charge is -2.26. The highest BCUT2D eigenvalue weighted by Gasteiger charge is 2.21. The highest BCUT2D eigenvalue weighted by Crippen LogP contribution is 2.36. The van der Waals surface area contributed by atoms with Crippen LogP contribution in [-0.4, -0.2) is 55.1 Å². The van der Waals surface area contributed by atoms with Crippen LogP contribution in [0.5, 0.6) is 17.2 Å². The molecule has 2 heterocycles. The Hall–Kier alpha value is -3.77. The topological polar surface area (TPSA) is 48.8 Å². The van der Waals surface area contributed by atoms with Crippen molar-refractivity contribution in [1.82, 2.24) is 14.7 Å². The Morgan fingerprint density at radius 3 is 1.87 bits per heavy atom. The van der Waals surface area contributed by atoms with Crippen LogP contribution in [-0.2, 0) is 6.42 Å². The van der Waals surface area contributed by atoms with E-state index in [1.165, 1.54) is 37.9 Å². The van der Waals surface area contributed by atoms with Crippen LogP contribution < -0.4 is 14.2 Å². The monoisotopic (exact) mass is 511 g/mol. The van der Waals surface area contributed by atoms with Crippen LogP contribution in [0.1, 0.15) is 31.7 Å². The van der Waals surface area contributed by atoms with E-state index in [1.807, 2.05) is 36.4 Å². The minimum atomic E-state index is 0.708. The van der Waals surface area contributed by atoms with Gasteiger partial charge < -0.3 is 14.2 Å². The lowest BCUT2D eigenvalue weighted by atomic mass is 9.99. The number of rotatable bonds is 10. The van der Waals surface area contributed by atoms with E-state index in [0.29, 0.717) is 6.61 Å². The molecule has 6 nitrogen and oxygen atoms in total. The molecule has 0 bridgehead atoms. The number of benzene rings is 3. The first-order valence-electron chi connectivity index (χ1n) is 13.6. The number of methoxy groups -OCH3 is 2. The Morgan fingerprint density at radius 1 is 0.711 bits per heavy atom. The Bertz CT molecular complexity index is 1310. The summed E-state index contributed by atoms with van der Waals surface area (Å²) in [6.45, 7) is 6.24. The molecule has 0 amide bonds. The van der Waals surface area contributed by atoms with Crippen molar-refractivity contribution in [1.29, 1.82) is 0 Å². The molecular weight excluding hydrogens is 474 g/mol. The number of likely N-dealkylation sites (tertiary alicyclic amines) is 1. The average molecular weight is 512 g/mol. The zero-order valence-electron chi connectivity index (χ0n) is 22.7. The van der Waals surface area contributed by atoms with Gasteiger partial charge in [0.05, 0.1) is 31.3 Å². The number of hydrogen-bond acceptors (Lipinski definition) is 5. The van der Waals surface area contributed by atoms with Gasteiger partial charge in [0, 0.05) is 23.2 Å². The largest absolute Gasteiger partial charge is 0.497 e. The molecule has 38 heavy (non-hydrogen) atoms. The van der Waals surface area contributed by atoms with Crippen LogP contribution in [0.4, 0.5) is 0 Å². The van der Waals surface area contributed by atoms with Crippen molar-refractivity contribution in [3.63, 3.8) is 0 Å². The third-order valence-corrected chi connectivity index (χ3v) is 7.27. The third kappa shape index (κ3) is 5.70. The summed E-state index contributed by atoms with van der Waals surface area (Å²) in [7, 11) is 3.37. The predicted molar refractivity (Wildman–Crippen MR) is 153 cm³/mol. The molecule has 0 aliphatic carbocycles. The number of nitrogens with zero attached hydrogens (tertiary/aromatic N) is 3. The molecule has 198 valence electrons. The average Bonchev–Trinajstić information content (AvgIpc) is 3.38. The first-order valence-corrected chi connectivity index (χ1v) is 13.6. The SMILES string of the molecule is CCc1c(-c2ccc(OC)cc2)nn(-c2ccc(OCCN3CCCCC3)cc2)c1-c1ccc(OC)cc1. The van der Waals surface area contributed by atoms with E-state index in [4.69, 9.17) is 19.3 Å². The number of ether oxygens (including phenoxy) is 3. The van der Waals surface area contributed by atoms with E-state index in [1.54, 1.807) is 14.2 Å². The summed E-state index contributed by atoms with van der Waals surface area (Å²) in [5, 5.41) is 5.15. The highest BCUT2D eigenvalue weighted by atomic mass is 16.5. The molecule has 4 aromatic rings. The van der Waals surface area contributed by atoms with Gasteiger partial charge in [0.25, 0.3) is 0 Å². The lowest BCUT2D eigenvalue weighted by molar-refractivity contribution is 0.183. The predicted octanol–water partition coefficient (Wildman–Crippen LogP) is 6.65. The summed E-state index contributed by atoms with van der Waals surface area (Å²) in [4.78, 5) is 2.50. The normalized spacial score (nSPS) is 13.9. The standard InChI is InChI=1S/C32H37N3O3/c1-4-30-31(24-8-14-27(36-2)15-9-24)33-35(32(30)25-10-16-28(37-3)17-11-25)26-12-18-29(19-13-26)38-23-22-34-20-6-5-7-21-34/h8-19H,4-7,20-23H2,1-3H3. The van der Waals surface area contributed by atoms with Gasteiger partial charge in [0.2, 0.25) is 0 Å². The summed E-state index contributed by atoms with van der Waals surface area (Å²) >= 11 is 0. The number of hydrogen-bond donors (Lipinski definition) is 0. The summed E-state index contributed by atoms with van der Waals surface area (Å²) in [6, 6.07) is 24.6. The molecule has 5 rings (SSSR count). The zero-order chi connectivity index (χ0) is 26.3. The lowest BCUT2D eigenvalue weighted by Crippen LogP contribution is -2.33. The molecule has 0 radical (unpaired) electrons. The quantitative estimate of drug-likeness (QED) is 0.239. The van der Waals surface area contributed by atoms with Gasteiger partial charge in [0.15, 0.2) is 0 Å². The van der Waals surface area contributed by atoms with Gasteiger partial charge in [-0.2, -0.15) is 5.10 Å². The molecule has 0 unspecified atom stereocenters. The minimum absolute atomic E-state index is 0.708. The van der Waals surface area contributed by atoms with Crippen molar-refractivity contribution in [2.75, 3.05) is 40.5 Å². The molecule has 0 spiro atoms. The van der Waals surface area contributed by atoms with Gasteiger partial charge in [-0.1, -0.05) is 13.3 Å². The molecule has 1 aromatic heterocycles. The van der Waals surface area contributed by atoms with Gasteiger partial charge in [-0.05, 0) is 105 Å².